The number of nitrogens with zero attached hydrogens (tertiary/aromatic N) is 1. The third-order valence-electron chi connectivity index (χ3n) is 6.63. The van der Waals surface area contributed by atoms with Crippen LogP contribution in [0.4, 0.5) is 0 Å². The second-order valence-electron chi connectivity index (χ2n) is 8.85. The minimum absolute atomic E-state index is 0.0754. The highest BCUT2D eigenvalue weighted by Crippen LogP contribution is 2.36. The second kappa shape index (κ2) is 10.4. The number of carbonyl (C=O) groups is 1. The molecule has 1 saturated carbocycles. The van der Waals surface area contributed by atoms with E-state index >= 15 is 0 Å². The first-order valence-corrected chi connectivity index (χ1v) is 13.4. The van der Waals surface area contributed by atoms with Gasteiger partial charge in [-0.25, -0.2) is 8.42 Å². The van der Waals surface area contributed by atoms with Gasteiger partial charge < -0.3 is 5.32 Å². The maximum Gasteiger partial charge on any atom is 0.243 e. The Balaban J connectivity index is 1.58. The molecule has 7 heteroatoms. The van der Waals surface area contributed by atoms with Crippen molar-refractivity contribution in [2.75, 3.05) is 6.54 Å². The molecule has 0 spiro atoms. The van der Waals surface area contributed by atoms with Gasteiger partial charge >= 0.3 is 0 Å². The fourth-order valence-electron chi connectivity index (χ4n) is 4.93. The minimum atomic E-state index is -3.77. The lowest BCUT2D eigenvalue weighted by molar-refractivity contribution is -0.122. The van der Waals surface area contributed by atoms with Crippen LogP contribution >= 0.6 is 11.6 Å². The SMILES string of the molecule is O=C(C[C@@H]1c2ccccc2CCN1S(=O)(=O)c1ccc(Cl)cc1)NC1CCCCCCC1. The van der Waals surface area contributed by atoms with Crippen LogP contribution in [0, 0.1) is 0 Å². The topological polar surface area (TPSA) is 66.5 Å². The van der Waals surface area contributed by atoms with Crippen molar-refractivity contribution in [2.45, 2.75) is 74.8 Å². The van der Waals surface area contributed by atoms with Crippen molar-refractivity contribution in [3.63, 3.8) is 0 Å². The zero-order valence-corrected chi connectivity index (χ0v) is 19.9. The lowest BCUT2D eigenvalue weighted by atomic mass is 9.92. The zero-order valence-electron chi connectivity index (χ0n) is 18.3. The Labute approximate surface area is 196 Å². The van der Waals surface area contributed by atoms with E-state index in [9.17, 15) is 13.2 Å². The number of sulfonamides is 1. The molecule has 1 aliphatic heterocycles. The van der Waals surface area contributed by atoms with Crippen LogP contribution < -0.4 is 5.32 Å². The van der Waals surface area contributed by atoms with Gasteiger partial charge in [0.15, 0.2) is 0 Å². The second-order valence-corrected chi connectivity index (χ2v) is 11.2. The van der Waals surface area contributed by atoms with Gasteiger partial charge in [0, 0.05) is 24.0 Å². The number of hydrogen-bond acceptors (Lipinski definition) is 3. The highest BCUT2D eigenvalue weighted by atomic mass is 35.5. The third-order valence-corrected chi connectivity index (χ3v) is 8.81. The summed E-state index contributed by atoms with van der Waals surface area (Å²) in [6, 6.07) is 13.8. The van der Waals surface area contributed by atoms with Gasteiger partial charge in [-0.05, 0) is 54.7 Å². The molecule has 1 aliphatic carbocycles. The molecule has 4 rings (SSSR count). The smallest absolute Gasteiger partial charge is 0.243 e. The highest BCUT2D eigenvalue weighted by molar-refractivity contribution is 7.89. The molecule has 0 aromatic heterocycles. The normalized spacial score (nSPS) is 20.7. The maximum atomic E-state index is 13.5. The summed E-state index contributed by atoms with van der Waals surface area (Å²) in [4.78, 5) is 13.3. The van der Waals surface area contributed by atoms with Crippen molar-refractivity contribution >= 4 is 27.5 Å². The van der Waals surface area contributed by atoms with Crippen LogP contribution in [-0.4, -0.2) is 31.2 Å². The molecule has 1 amide bonds. The van der Waals surface area contributed by atoms with Crippen LogP contribution in [0.2, 0.25) is 5.02 Å². The van der Waals surface area contributed by atoms with E-state index in [1.165, 1.54) is 35.7 Å². The Morgan fingerprint density at radius 2 is 1.62 bits per heavy atom. The first-order valence-electron chi connectivity index (χ1n) is 11.6. The summed E-state index contributed by atoms with van der Waals surface area (Å²) in [5, 5.41) is 3.70. The van der Waals surface area contributed by atoms with E-state index in [0.717, 1.165) is 36.8 Å². The predicted octanol–water partition coefficient (Wildman–Crippen LogP) is 5.25. The van der Waals surface area contributed by atoms with E-state index in [1.807, 2.05) is 24.3 Å². The van der Waals surface area contributed by atoms with E-state index in [-0.39, 0.29) is 23.3 Å². The van der Waals surface area contributed by atoms with Gasteiger partial charge in [-0.3, -0.25) is 4.79 Å². The summed E-state index contributed by atoms with van der Waals surface area (Å²) in [5.41, 5.74) is 2.03. The maximum absolute atomic E-state index is 13.5. The molecule has 172 valence electrons. The molecular formula is C25H31ClN2O3S. The Morgan fingerprint density at radius 3 is 2.34 bits per heavy atom. The molecule has 0 unspecified atom stereocenters. The van der Waals surface area contributed by atoms with E-state index < -0.39 is 16.1 Å². The fraction of sp³-hybridized carbons (Fsp3) is 0.480. The molecule has 1 atom stereocenters. The van der Waals surface area contributed by atoms with Crippen molar-refractivity contribution in [1.82, 2.24) is 9.62 Å². The van der Waals surface area contributed by atoms with Gasteiger partial charge in [0.25, 0.3) is 0 Å². The average Bonchev–Trinajstić information content (AvgIpc) is 2.76. The van der Waals surface area contributed by atoms with Crippen LogP contribution in [0.25, 0.3) is 0 Å². The van der Waals surface area contributed by atoms with Gasteiger partial charge in [0.05, 0.1) is 10.9 Å². The molecule has 32 heavy (non-hydrogen) atoms. The highest BCUT2D eigenvalue weighted by Gasteiger charge is 2.37. The van der Waals surface area contributed by atoms with Gasteiger partial charge in [-0.1, -0.05) is 68.0 Å². The zero-order chi connectivity index (χ0) is 22.6. The van der Waals surface area contributed by atoms with Gasteiger partial charge in [0.1, 0.15) is 0 Å². The minimum Gasteiger partial charge on any atom is -0.353 e. The molecule has 0 saturated heterocycles. The lowest BCUT2D eigenvalue weighted by Crippen LogP contribution is -2.43. The molecule has 0 bridgehead atoms. The Hall–Kier alpha value is -1.89. The number of halogens is 1. The van der Waals surface area contributed by atoms with Crippen molar-refractivity contribution in [3.05, 3.63) is 64.7 Å². The number of fused-ring (bicyclic) bond motifs is 1. The molecule has 1 N–H and O–H groups in total. The van der Waals surface area contributed by atoms with Crippen LogP contribution in [-0.2, 0) is 21.2 Å². The van der Waals surface area contributed by atoms with Crippen molar-refractivity contribution in [2.24, 2.45) is 0 Å². The first kappa shape index (κ1) is 23.3. The summed E-state index contributed by atoms with van der Waals surface area (Å²) >= 11 is 5.97. The van der Waals surface area contributed by atoms with E-state index in [2.05, 4.69) is 5.32 Å². The molecular weight excluding hydrogens is 444 g/mol. The van der Waals surface area contributed by atoms with Gasteiger partial charge in [-0.2, -0.15) is 4.31 Å². The fourth-order valence-corrected chi connectivity index (χ4v) is 6.66. The summed E-state index contributed by atoms with van der Waals surface area (Å²) in [6.45, 7) is 0.351. The van der Waals surface area contributed by atoms with Crippen LogP contribution in [0.3, 0.4) is 0 Å². The van der Waals surface area contributed by atoms with Crippen molar-refractivity contribution in [1.29, 1.82) is 0 Å². The Bertz CT molecular complexity index is 1030. The molecule has 2 aromatic rings. The van der Waals surface area contributed by atoms with Gasteiger partial charge in [-0.15, -0.1) is 0 Å². The number of amides is 1. The van der Waals surface area contributed by atoms with Gasteiger partial charge in [0.2, 0.25) is 15.9 Å². The Kier molecular flexibility index (Phi) is 7.54. The summed E-state index contributed by atoms with van der Waals surface area (Å²) < 4.78 is 28.5. The standard InChI is InChI=1S/C25H31ClN2O3S/c26-20-12-14-22(15-13-20)32(30,31)28-17-16-19-8-6-7-11-23(19)24(28)18-25(29)27-21-9-4-2-1-3-5-10-21/h6-8,11-15,21,24H,1-5,9-10,16-18H2,(H,27,29)/t24-/m1/s1. The van der Waals surface area contributed by atoms with E-state index in [4.69, 9.17) is 11.6 Å². The molecule has 5 nitrogen and oxygen atoms in total. The number of nitrogens with one attached hydrogen (secondary N) is 1. The summed E-state index contributed by atoms with van der Waals surface area (Å²) in [6.07, 6.45) is 8.73. The van der Waals surface area contributed by atoms with Crippen LogP contribution in [0.5, 0.6) is 0 Å². The van der Waals surface area contributed by atoms with Crippen molar-refractivity contribution < 1.29 is 13.2 Å². The average molecular weight is 475 g/mol. The molecule has 2 aliphatic rings. The molecule has 0 radical (unpaired) electrons. The Morgan fingerprint density at radius 1 is 0.969 bits per heavy atom. The third kappa shape index (κ3) is 5.36. The van der Waals surface area contributed by atoms with Crippen molar-refractivity contribution in [3.8, 4) is 0 Å². The number of benzene rings is 2. The number of rotatable bonds is 5. The quantitative estimate of drug-likeness (QED) is 0.643. The first-order chi connectivity index (χ1) is 15.4. The molecule has 1 heterocycles. The summed E-state index contributed by atoms with van der Waals surface area (Å²) in [5.74, 6) is -0.0754. The molecule has 1 fully saturated rings. The number of carbonyl (C=O) groups excluding carboxylic acids is 1. The monoisotopic (exact) mass is 474 g/mol. The number of hydrogen-bond donors (Lipinski definition) is 1. The predicted molar refractivity (Wildman–Crippen MR) is 127 cm³/mol. The largest absolute Gasteiger partial charge is 0.353 e. The van der Waals surface area contributed by atoms with E-state index in [1.54, 1.807) is 12.1 Å². The lowest BCUT2D eigenvalue weighted by Gasteiger charge is -2.36. The van der Waals surface area contributed by atoms with E-state index in [0.29, 0.717) is 18.0 Å². The van der Waals surface area contributed by atoms with Crippen LogP contribution in [0.1, 0.15) is 68.5 Å². The molecule has 2 aromatic carbocycles. The summed E-state index contributed by atoms with van der Waals surface area (Å²) in [7, 11) is -3.77. The van der Waals surface area contributed by atoms with Crippen LogP contribution in [0.15, 0.2) is 53.4 Å².